The second kappa shape index (κ2) is 10.2. The summed E-state index contributed by atoms with van der Waals surface area (Å²) in [5.41, 5.74) is 1.46. The largest absolute Gasteiger partial charge is 0.385 e. The fourth-order valence-electron chi connectivity index (χ4n) is 2.20. The van der Waals surface area contributed by atoms with Gasteiger partial charge in [0.2, 0.25) is 0 Å². The first-order valence-electron chi connectivity index (χ1n) is 8.01. The van der Waals surface area contributed by atoms with Gasteiger partial charge in [-0.15, -0.1) is 0 Å². The van der Waals surface area contributed by atoms with Crippen LogP contribution in [0.4, 0.5) is 5.82 Å². The molecule has 1 amide bonds. The van der Waals surface area contributed by atoms with Gasteiger partial charge in [0, 0.05) is 43.0 Å². The summed E-state index contributed by atoms with van der Waals surface area (Å²) in [4.78, 5) is 16.4. The molecule has 0 fully saturated rings. The zero-order valence-corrected chi connectivity index (χ0v) is 15.5. The van der Waals surface area contributed by atoms with Crippen LogP contribution in [0, 0.1) is 0 Å². The van der Waals surface area contributed by atoms with Gasteiger partial charge in [-0.1, -0.05) is 29.3 Å². The summed E-state index contributed by atoms with van der Waals surface area (Å²) in [6, 6.07) is 8.88. The fourth-order valence-corrected chi connectivity index (χ4v) is 2.71. The Balaban J connectivity index is 1.78. The molecule has 0 saturated heterocycles. The van der Waals surface area contributed by atoms with Crippen molar-refractivity contribution in [2.75, 3.05) is 32.1 Å². The van der Waals surface area contributed by atoms with Crippen LogP contribution in [0.1, 0.15) is 22.3 Å². The number of carbonyl (C=O) groups excluding carboxylic acids is 1. The van der Waals surface area contributed by atoms with E-state index in [1.54, 1.807) is 37.6 Å². The van der Waals surface area contributed by atoms with Gasteiger partial charge in [-0.25, -0.2) is 4.98 Å². The Morgan fingerprint density at radius 2 is 2.04 bits per heavy atom. The van der Waals surface area contributed by atoms with Gasteiger partial charge < -0.3 is 15.4 Å². The van der Waals surface area contributed by atoms with Crippen LogP contribution in [0.2, 0.25) is 10.0 Å². The number of hydrogen-bond donors (Lipinski definition) is 2. The molecule has 2 rings (SSSR count). The maximum Gasteiger partial charge on any atom is 0.252 e. The molecule has 25 heavy (non-hydrogen) atoms. The lowest BCUT2D eigenvalue weighted by atomic mass is 10.1. The SMILES string of the molecule is COCCCNc1ccc(C(=O)NCCc2ccc(Cl)cc2Cl)cn1. The molecule has 2 N–H and O–H groups in total. The number of halogens is 2. The number of nitrogens with one attached hydrogen (secondary N) is 2. The molecule has 0 bridgehead atoms. The zero-order chi connectivity index (χ0) is 18.1. The maximum atomic E-state index is 12.1. The average Bonchev–Trinajstić information content (AvgIpc) is 2.61. The Bertz CT molecular complexity index is 693. The predicted molar refractivity (Wildman–Crippen MR) is 102 cm³/mol. The van der Waals surface area contributed by atoms with Gasteiger partial charge in [0.25, 0.3) is 5.91 Å². The van der Waals surface area contributed by atoms with E-state index in [2.05, 4.69) is 15.6 Å². The molecule has 0 aliphatic heterocycles. The average molecular weight is 382 g/mol. The summed E-state index contributed by atoms with van der Waals surface area (Å²) in [6.45, 7) is 1.95. The molecule has 7 heteroatoms. The van der Waals surface area contributed by atoms with E-state index in [4.69, 9.17) is 27.9 Å². The van der Waals surface area contributed by atoms with Crippen molar-refractivity contribution in [1.82, 2.24) is 10.3 Å². The van der Waals surface area contributed by atoms with Crippen molar-refractivity contribution >= 4 is 34.9 Å². The van der Waals surface area contributed by atoms with Gasteiger partial charge in [-0.05, 0) is 42.7 Å². The van der Waals surface area contributed by atoms with Crippen molar-refractivity contribution < 1.29 is 9.53 Å². The Labute approximate surface area is 157 Å². The summed E-state index contributed by atoms with van der Waals surface area (Å²) in [5.74, 6) is 0.573. The molecule has 0 spiro atoms. The highest BCUT2D eigenvalue weighted by Crippen LogP contribution is 2.21. The van der Waals surface area contributed by atoms with Crippen molar-refractivity contribution in [3.05, 3.63) is 57.7 Å². The summed E-state index contributed by atoms with van der Waals surface area (Å²) >= 11 is 12.0. The smallest absolute Gasteiger partial charge is 0.252 e. The number of anilines is 1. The number of nitrogens with zero attached hydrogens (tertiary/aromatic N) is 1. The summed E-state index contributed by atoms with van der Waals surface area (Å²) in [7, 11) is 1.67. The third kappa shape index (κ3) is 6.53. The van der Waals surface area contributed by atoms with Gasteiger partial charge in [0.15, 0.2) is 0 Å². The number of aromatic nitrogens is 1. The van der Waals surface area contributed by atoms with Crippen molar-refractivity contribution in [2.24, 2.45) is 0 Å². The quantitative estimate of drug-likeness (QED) is 0.648. The topological polar surface area (TPSA) is 63.2 Å². The maximum absolute atomic E-state index is 12.1. The first-order valence-corrected chi connectivity index (χ1v) is 8.76. The molecule has 5 nitrogen and oxygen atoms in total. The normalized spacial score (nSPS) is 10.5. The minimum Gasteiger partial charge on any atom is -0.385 e. The van der Waals surface area contributed by atoms with Crippen LogP contribution in [0.15, 0.2) is 36.5 Å². The third-order valence-corrected chi connectivity index (χ3v) is 4.14. The van der Waals surface area contributed by atoms with Gasteiger partial charge >= 0.3 is 0 Å². The van der Waals surface area contributed by atoms with Gasteiger partial charge in [0.1, 0.15) is 5.82 Å². The molecule has 1 aromatic carbocycles. The molecular weight excluding hydrogens is 361 g/mol. The molecule has 2 aromatic rings. The third-order valence-electron chi connectivity index (χ3n) is 3.55. The minimum atomic E-state index is -0.163. The Morgan fingerprint density at radius 3 is 2.72 bits per heavy atom. The number of hydrogen-bond acceptors (Lipinski definition) is 4. The van der Waals surface area contributed by atoms with Crippen LogP contribution in [0.25, 0.3) is 0 Å². The van der Waals surface area contributed by atoms with E-state index in [1.165, 1.54) is 0 Å². The summed E-state index contributed by atoms with van der Waals surface area (Å²) < 4.78 is 4.98. The van der Waals surface area contributed by atoms with Crippen LogP contribution >= 0.6 is 23.2 Å². The fraction of sp³-hybridized carbons (Fsp3) is 0.333. The standard InChI is InChI=1S/C18H21Cl2N3O2/c1-25-10-2-8-21-17-6-4-14(12-23-17)18(24)22-9-7-13-3-5-15(19)11-16(13)20/h3-6,11-12H,2,7-10H2,1H3,(H,21,23)(H,22,24). The lowest BCUT2D eigenvalue weighted by Gasteiger charge is -2.08. The second-order valence-electron chi connectivity index (χ2n) is 5.45. The van der Waals surface area contributed by atoms with Crippen LogP contribution < -0.4 is 10.6 Å². The summed E-state index contributed by atoms with van der Waals surface area (Å²) in [5, 5.41) is 7.23. The van der Waals surface area contributed by atoms with E-state index in [0.29, 0.717) is 35.2 Å². The summed E-state index contributed by atoms with van der Waals surface area (Å²) in [6.07, 6.45) is 3.09. The lowest BCUT2D eigenvalue weighted by molar-refractivity contribution is 0.0954. The highest BCUT2D eigenvalue weighted by Gasteiger charge is 2.07. The van der Waals surface area contributed by atoms with Gasteiger partial charge in [0.05, 0.1) is 5.56 Å². The van der Waals surface area contributed by atoms with Crippen LogP contribution in [0.5, 0.6) is 0 Å². The Kier molecular flexibility index (Phi) is 7.98. The van der Waals surface area contributed by atoms with E-state index in [1.807, 2.05) is 6.07 Å². The van der Waals surface area contributed by atoms with Crippen LogP contribution in [-0.2, 0) is 11.2 Å². The number of ether oxygens (including phenoxy) is 1. The van der Waals surface area contributed by atoms with E-state index >= 15 is 0 Å². The molecular formula is C18H21Cl2N3O2. The van der Waals surface area contributed by atoms with E-state index in [9.17, 15) is 4.79 Å². The minimum absolute atomic E-state index is 0.163. The molecule has 1 aromatic heterocycles. The Hall–Kier alpha value is -1.82. The van der Waals surface area contributed by atoms with Gasteiger partial charge in [-0.2, -0.15) is 0 Å². The molecule has 0 atom stereocenters. The van der Waals surface area contributed by atoms with Crippen molar-refractivity contribution in [3.8, 4) is 0 Å². The van der Waals surface area contributed by atoms with E-state index < -0.39 is 0 Å². The molecule has 1 heterocycles. The number of amides is 1. The monoisotopic (exact) mass is 381 g/mol. The molecule has 0 aliphatic carbocycles. The highest BCUT2D eigenvalue weighted by molar-refractivity contribution is 6.35. The van der Waals surface area contributed by atoms with Crippen LogP contribution in [0.3, 0.4) is 0 Å². The Morgan fingerprint density at radius 1 is 1.20 bits per heavy atom. The van der Waals surface area contributed by atoms with E-state index in [-0.39, 0.29) is 5.91 Å². The number of carbonyl (C=O) groups is 1. The van der Waals surface area contributed by atoms with Gasteiger partial charge in [-0.3, -0.25) is 4.79 Å². The molecule has 0 saturated carbocycles. The van der Waals surface area contributed by atoms with E-state index in [0.717, 1.165) is 24.3 Å². The van der Waals surface area contributed by atoms with Crippen LogP contribution in [-0.4, -0.2) is 37.7 Å². The number of methoxy groups -OCH3 is 1. The zero-order valence-electron chi connectivity index (χ0n) is 14.0. The molecule has 134 valence electrons. The predicted octanol–water partition coefficient (Wildman–Crippen LogP) is 3.81. The van der Waals surface area contributed by atoms with Crippen molar-refractivity contribution in [3.63, 3.8) is 0 Å². The first-order chi connectivity index (χ1) is 12.1. The second-order valence-corrected chi connectivity index (χ2v) is 6.29. The lowest BCUT2D eigenvalue weighted by Crippen LogP contribution is -2.25. The first kappa shape index (κ1) is 19.5. The molecule has 0 radical (unpaired) electrons. The highest BCUT2D eigenvalue weighted by atomic mass is 35.5. The molecule has 0 unspecified atom stereocenters. The van der Waals surface area contributed by atoms with Crippen molar-refractivity contribution in [2.45, 2.75) is 12.8 Å². The number of rotatable bonds is 9. The number of pyridine rings is 1. The number of benzene rings is 1. The molecule has 0 aliphatic rings. The van der Waals surface area contributed by atoms with Crippen molar-refractivity contribution in [1.29, 1.82) is 0 Å².